The lowest BCUT2D eigenvalue weighted by Gasteiger charge is -2.13. The number of rotatable bonds is 8. The monoisotopic (exact) mass is 1080 g/mol. The van der Waals surface area contributed by atoms with Gasteiger partial charge in [-0.15, -0.1) is 0 Å². The zero-order chi connectivity index (χ0) is 56.1. The summed E-state index contributed by atoms with van der Waals surface area (Å²) in [7, 11) is 0. The van der Waals surface area contributed by atoms with Crippen molar-refractivity contribution in [2.75, 3.05) is 0 Å². The highest BCUT2D eigenvalue weighted by atomic mass is 15.0. The molecule has 0 radical (unpaired) electrons. The lowest BCUT2D eigenvalue weighted by atomic mass is 9.95. The molecule has 8 heterocycles. The first kappa shape index (κ1) is 49.8. The lowest BCUT2D eigenvalue weighted by molar-refractivity contribution is 1.13. The van der Waals surface area contributed by atoms with Crippen LogP contribution in [0.15, 0.2) is 280 Å². The van der Waals surface area contributed by atoms with E-state index < -0.39 is 0 Å². The number of aryl methyl sites for hydroxylation is 2. The van der Waals surface area contributed by atoms with Gasteiger partial charge in [-0.2, -0.15) is 0 Å². The van der Waals surface area contributed by atoms with Gasteiger partial charge >= 0.3 is 0 Å². The molecule has 0 aliphatic rings. The number of pyridine rings is 6. The molecule has 0 unspecified atom stereocenters. The summed E-state index contributed by atoms with van der Waals surface area (Å²) in [6.45, 7) is 4.11. The zero-order valence-corrected chi connectivity index (χ0v) is 46.1. The maximum Gasteiger partial charge on any atom is 0.0974 e. The molecule has 0 aliphatic carbocycles. The van der Waals surface area contributed by atoms with E-state index in [2.05, 4.69) is 239 Å². The summed E-state index contributed by atoms with van der Waals surface area (Å²) in [5, 5.41) is 4.47. The van der Waals surface area contributed by atoms with Crippen LogP contribution in [0.2, 0.25) is 0 Å². The van der Waals surface area contributed by atoms with Gasteiger partial charge in [0.2, 0.25) is 0 Å². The quantitative estimate of drug-likeness (QED) is 0.141. The molecular weight excluding hydrogens is 1020 g/mol. The minimum Gasteiger partial charge on any atom is -0.308 e. The molecule has 16 rings (SSSR count). The van der Waals surface area contributed by atoms with Crippen molar-refractivity contribution in [2.24, 2.45) is 0 Å². The molecule has 0 amide bonds. The topological polar surface area (TPSA) is 87.2 Å². The van der Waals surface area contributed by atoms with Gasteiger partial charge in [-0.1, -0.05) is 152 Å². The van der Waals surface area contributed by atoms with Crippen molar-refractivity contribution in [3.05, 3.63) is 291 Å². The van der Waals surface area contributed by atoms with E-state index in [-0.39, 0.29) is 0 Å². The van der Waals surface area contributed by atoms with E-state index in [1.807, 2.05) is 73.3 Å². The Kier molecular flexibility index (Phi) is 12.5. The smallest absolute Gasteiger partial charge is 0.0974 e. The van der Waals surface area contributed by atoms with Crippen LogP contribution in [0.5, 0.6) is 0 Å². The van der Waals surface area contributed by atoms with Crippen molar-refractivity contribution < 1.29 is 0 Å². The molecule has 0 N–H and O–H groups in total. The normalized spacial score (nSPS) is 11.5. The molecule has 0 saturated heterocycles. The highest BCUT2D eigenvalue weighted by Gasteiger charge is 2.20. The Morgan fingerprint density at radius 2 is 0.667 bits per heavy atom. The van der Waals surface area contributed by atoms with Gasteiger partial charge in [-0.25, -0.2) is 0 Å². The van der Waals surface area contributed by atoms with Gasteiger partial charge in [-0.05, 0) is 161 Å². The first-order chi connectivity index (χ1) is 41.5. The van der Waals surface area contributed by atoms with E-state index in [1.54, 1.807) is 0 Å². The second kappa shape index (κ2) is 21.0. The van der Waals surface area contributed by atoms with Gasteiger partial charge in [-0.3, -0.25) is 29.9 Å². The van der Waals surface area contributed by atoms with Gasteiger partial charge in [0.1, 0.15) is 0 Å². The third kappa shape index (κ3) is 8.81. The molecule has 8 heteroatoms. The van der Waals surface area contributed by atoms with Crippen molar-refractivity contribution in [3.63, 3.8) is 0 Å². The Morgan fingerprint density at radius 1 is 0.250 bits per heavy atom. The largest absolute Gasteiger partial charge is 0.308 e. The minimum absolute atomic E-state index is 0.950. The molecule has 8 aromatic heterocycles. The predicted molar refractivity (Wildman–Crippen MR) is 345 cm³/mol. The van der Waals surface area contributed by atoms with Gasteiger partial charge in [0.05, 0.1) is 55.5 Å². The molecule has 0 bridgehead atoms. The van der Waals surface area contributed by atoms with E-state index >= 15 is 0 Å². The molecule has 0 fully saturated rings. The average Bonchev–Trinajstić information content (AvgIpc) is 3.09. The summed E-state index contributed by atoms with van der Waals surface area (Å²) in [6, 6.07) is 89.3. The van der Waals surface area contributed by atoms with Crippen LogP contribution in [0, 0.1) is 13.8 Å². The summed E-state index contributed by atoms with van der Waals surface area (Å²) in [4.78, 5) is 29.0. The summed E-state index contributed by atoms with van der Waals surface area (Å²) in [6.07, 6.45) is 7.45. The van der Waals surface area contributed by atoms with E-state index in [4.69, 9.17) is 19.9 Å². The van der Waals surface area contributed by atoms with Crippen LogP contribution in [0.3, 0.4) is 0 Å². The zero-order valence-electron chi connectivity index (χ0n) is 46.1. The molecule has 0 spiro atoms. The number of hydrogen-bond acceptors (Lipinski definition) is 6. The Hall–Kier alpha value is -11.2. The third-order valence-electron chi connectivity index (χ3n) is 15.9. The SMILES string of the molecule is Cc1cc(-c2ccccc2)c2ccc3c(-c4ccccc4)cc(C)nc3c2n1.c1ccc(-c2ccccc2-c2ccc3c(c2)c2ncccc2n3-c2cccc(-n3c4ccc(-c5ccccc5-c5ccccn5)cc4c4ncccc43)c2)nc1. The van der Waals surface area contributed by atoms with Crippen molar-refractivity contribution in [1.82, 2.24) is 39.0 Å². The highest BCUT2D eigenvalue weighted by molar-refractivity contribution is 6.13. The van der Waals surface area contributed by atoms with Crippen LogP contribution in [0.4, 0.5) is 0 Å². The Labute approximate surface area is 485 Å². The van der Waals surface area contributed by atoms with Crippen LogP contribution >= 0.6 is 0 Å². The van der Waals surface area contributed by atoms with Gasteiger partial charge < -0.3 is 9.13 Å². The molecule has 16 aromatic rings. The Morgan fingerprint density at radius 3 is 1.11 bits per heavy atom. The van der Waals surface area contributed by atoms with Crippen LogP contribution in [-0.4, -0.2) is 39.0 Å². The highest BCUT2D eigenvalue weighted by Crippen LogP contribution is 2.41. The van der Waals surface area contributed by atoms with Gasteiger partial charge in [0, 0.05) is 80.2 Å². The summed E-state index contributed by atoms with van der Waals surface area (Å²) in [5.41, 5.74) is 25.7. The standard InChI is InChI=1S/C50H32N6.C26H20N2/c1-3-16-39(43-18-5-7-26-51-43)37(14-1)33-22-24-45-41(30-33)49-47(20-10-28-53-49)55(45)35-12-9-13-36(32-35)56-46-25-23-34(31-42(46)50-48(56)21-11-29-54-50)38-15-2-4-17-40(38)44-19-6-8-27-52-44;1-17-15-23(19-9-5-3-6-10-19)21-13-14-22-24(20-11-7-4-8-12-20)16-18(2)28-26(22)25(21)27-17/h1-32H;3-16H,1-2H3. The molecule has 84 heavy (non-hydrogen) atoms. The molecule has 0 saturated carbocycles. The van der Waals surface area contributed by atoms with Crippen LogP contribution in [-0.2, 0) is 0 Å². The third-order valence-corrected chi connectivity index (χ3v) is 15.9. The summed E-state index contributed by atoms with van der Waals surface area (Å²) >= 11 is 0. The van der Waals surface area contributed by atoms with Crippen molar-refractivity contribution in [2.45, 2.75) is 13.8 Å². The average molecular weight is 1080 g/mol. The van der Waals surface area contributed by atoms with E-state index in [0.717, 1.165) is 133 Å². The molecule has 8 nitrogen and oxygen atoms in total. The molecule has 8 aromatic carbocycles. The fraction of sp³-hybridized carbons (Fsp3) is 0.0263. The van der Waals surface area contributed by atoms with Gasteiger partial charge in [0.15, 0.2) is 0 Å². The van der Waals surface area contributed by atoms with E-state index in [9.17, 15) is 0 Å². The first-order valence-electron chi connectivity index (χ1n) is 28.2. The number of benzene rings is 8. The fourth-order valence-corrected chi connectivity index (χ4v) is 12.2. The first-order valence-corrected chi connectivity index (χ1v) is 28.2. The summed E-state index contributed by atoms with van der Waals surface area (Å²) in [5.74, 6) is 0. The second-order valence-electron chi connectivity index (χ2n) is 21.1. The number of hydrogen-bond donors (Lipinski definition) is 0. The van der Waals surface area contributed by atoms with Crippen LogP contribution < -0.4 is 0 Å². The van der Waals surface area contributed by atoms with Crippen LogP contribution in [0.1, 0.15) is 11.4 Å². The maximum atomic E-state index is 4.93. The molecule has 0 atom stereocenters. The number of nitrogens with zero attached hydrogens (tertiary/aromatic N) is 8. The number of aromatic nitrogens is 8. The van der Waals surface area contributed by atoms with E-state index in [1.165, 1.54) is 22.3 Å². The fourth-order valence-electron chi connectivity index (χ4n) is 12.2. The number of fused-ring (bicyclic) bond motifs is 9. The summed E-state index contributed by atoms with van der Waals surface area (Å²) < 4.78 is 4.66. The molecule has 0 aliphatic heterocycles. The Bertz CT molecular complexity index is 4830. The van der Waals surface area contributed by atoms with Crippen molar-refractivity contribution in [1.29, 1.82) is 0 Å². The maximum absolute atomic E-state index is 4.93. The molecule has 396 valence electrons. The second-order valence-corrected chi connectivity index (χ2v) is 21.1. The van der Waals surface area contributed by atoms with Crippen molar-refractivity contribution >= 4 is 65.7 Å². The van der Waals surface area contributed by atoms with E-state index in [0.29, 0.717) is 0 Å². The van der Waals surface area contributed by atoms with Crippen molar-refractivity contribution in [3.8, 4) is 78.4 Å². The lowest BCUT2D eigenvalue weighted by Crippen LogP contribution is -1.98. The Balaban J connectivity index is 0.000000179. The minimum atomic E-state index is 0.950. The molecular formula is C76H52N8. The predicted octanol–water partition coefficient (Wildman–Crippen LogP) is 18.9. The van der Waals surface area contributed by atoms with Crippen LogP contribution in [0.25, 0.3) is 144 Å². The van der Waals surface area contributed by atoms with Gasteiger partial charge in [0.25, 0.3) is 0 Å².